The Morgan fingerprint density at radius 2 is 1.29 bits per heavy atom. The maximum atomic E-state index is 10.7. The highest BCUT2D eigenvalue weighted by Crippen LogP contribution is 2.42. The predicted octanol–water partition coefficient (Wildman–Crippen LogP) is 5.41. The summed E-state index contributed by atoms with van der Waals surface area (Å²) in [6.45, 7) is 7.91. The zero-order valence-corrected chi connectivity index (χ0v) is 19.8. The lowest BCUT2D eigenvalue weighted by atomic mass is 10.1. The molecule has 2 aromatic rings. The lowest BCUT2D eigenvalue weighted by molar-refractivity contribution is 0.276. The molecular weight excluding hydrogens is 423 g/mol. The van der Waals surface area contributed by atoms with Gasteiger partial charge in [0.25, 0.3) is 0 Å². The minimum Gasteiger partial charge on any atom is -0.493 e. The summed E-state index contributed by atoms with van der Waals surface area (Å²) in [5.74, 6) is 2.38. The Morgan fingerprint density at radius 1 is 0.806 bits per heavy atom. The molecule has 9 heteroatoms. The summed E-state index contributed by atoms with van der Waals surface area (Å²) < 4.78 is 35.6. The second kappa shape index (κ2) is 15.4. The molecule has 0 fully saturated rings. The fourth-order valence-corrected chi connectivity index (χ4v) is 2.75. The van der Waals surface area contributed by atoms with Gasteiger partial charge < -0.3 is 23.5 Å². The van der Waals surface area contributed by atoms with Gasteiger partial charge in [-0.05, 0) is 48.7 Å². The van der Waals surface area contributed by atoms with Crippen molar-refractivity contribution in [3.8, 4) is 28.7 Å². The van der Waals surface area contributed by atoms with Gasteiger partial charge >= 0.3 is 7.82 Å². The third-order valence-electron chi connectivity index (χ3n) is 3.66. The first kappa shape index (κ1) is 30.8. The Bertz CT molecular complexity index is 792. The number of hydrogen-bond donors (Lipinski definition) is 2. The monoisotopic (exact) mass is 460 g/mol. The molecule has 178 valence electrons. The minimum atomic E-state index is -4.54. The van der Waals surface area contributed by atoms with Crippen LogP contribution in [0.15, 0.2) is 30.3 Å². The Kier molecular flexibility index (Phi) is 15.3. The van der Waals surface area contributed by atoms with Crippen LogP contribution in [0.1, 0.15) is 39.3 Å². The quantitative estimate of drug-likeness (QED) is 0.529. The van der Waals surface area contributed by atoms with Crippen molar-refractivity contribution in [3.63, 3.8) is 0 Å². The van der Waals surface area contributed by atoms with Crippen molar-refractivity contribution in [2.75, 3.05) is 28.4 Å². The van der Waals surface area contributed by atoms with E-state index in [1.54, 1.807) is 33.5 Å². The van der Waals surface area contributed by atoms with Crippen molar-refractivity contribution in [2.45, 2.75) is 41.5 Å². The van der Waals surface area contributed by atoms with Crippen molar-refractivity contribution < 1.29 is 37.8 Å². The van der Waals surface area contributed by atoms with Gasteiger partial charge in [0.1, 0.15) is 0 Å². The second-order valence-corrected chi connectivity index (χ2v) is 6.79. The molecule has 0 bridgehead atoms. The number of phosphoric acid groups is 1. The largest absolute Gasteiger partial charge is 0.524 e. The first-order chi connectivity index (χ1) is 14.2. The lowest BCUT2D eigenvalue weighted by Crippen LogP contribution is -1.95. The molecule has 0 saturated carbocycles. The summed E-state index contributed by atoms with van der Waals surface area (Å²) in [4.78, 5) is 17.4. The van der Waals surface area contributed by atoms with Crippen molar-refractivity contribution in [1.29, 1.82) is 0 Å². The van der Waals surface area contributed by atoms with Crippen LogP contribution in [0, 0.1) is 6.92 Å². The Morgan fingerprint density at radius 3 is 1.65 bits per heavy atom. The Hall–Kier alpha value is -2.41. The third-order valence-corrected chi connectivity index (χ3v) is 4.10. The molecule has 0 spiro atoms. The van der Waals surface area contributed by atoms with Gasteiger partial charge in [-0.2, -0.15) is 0 Å². The second-order valence-electron chi connectivity index (χ2n) is 5.62. The Balaban J connectivity index is 0. The van der Waals surface area contributed by atoms with E-state index in [4.69, 9.17) is 28.7 Å². The van der Waals surface area contributed by atoms with E-state index >= 15 is 0 Å². The maximum Gasteiger partial charge on any atom is 0.524 e. The molecule has 0 radical (unpaired) electrons. The highest BCUT2D eigenvalue weighted by Gasteiger charge is 2.19. The molecule has 0 saturated heterocycles. The molecule has 8 nitrogen and oxygen atoms in total. The van der Waals surface area contributed by atoms with Crippen molar-refractivity contribution >= 4 is 7.82 Å². The van der Waals surface area contributed by atoms with Crippen LogP contribution in [0.2, 0.25) is 0 Å². The zero-order valence-electron chi connectivity index (χ0n) is 18.9. The Labute approximate surface area is 186 Å². The first-order valence-corrected chi connectivity index (χ1v) is 10.9. The summed E-state index contributed by atoms with van der Waals surface area (Å²) in [6, 6.07) is 8.79. The molecule has 0 heterocycles. The molecule has 0 aliphatic carbocycles. The molecule has 0 aliphatic heterocycles. The van der Waals surface area contributed by atoms with Crippen LogP contribution in [-0.2, 0) is 11.0 Å². The molecule has 2 aromatic carbocycles. The molecule has 0 amide bonds. The van der Waals surface area contributed by atoms with Crippen LogP contribution >= 0.6 is 7.82 Å². The number of ether oxygens (including phenoxy) is 4. The van der Waals surface area contributed by atoms with Gasteiger partial charge in [0.2, 0.25) is 5.75 Å². The molecular formula is C22H37O8P. The normalized spacial score (nSPS) is 9.61. The standard InChI is InChI=1S/C10H14O3.C9H13O5P.C2H6.CH4/c1-7-5-8(11-2)10(13-4)9(6-7)12-3;1-3-7-4-5-8(13-2)9(6-7)14-15(10,11)12;1-2;/h5-6H,1-4H3;4-6H,3H2,1-2H3,(H2,10,11,12);1-2H3;1H4. The third kappa shape index (κ3) is 10.4. The van der Waals surface area contributed by atoms with E-state index < -0.39 is 7.82 Å². The molecule has 31 heavy (non-hydrogen) atoms. The molecule has 0 unspecified atom stereocenters. The van der Waals surface area contributed by atoms with Crippen molar-refractivity contribution in [1.82, 2.24) is 0 Å². The summed E-state index contributed by atoms with van der Waals surface area (Å²) in [5.41, 5.74) is 1.99. The average molecular weight is 461 g/mol. The molecule has 0 aromatic heterocycles. The fourth-order valence-electron chi connectivity index (χ4n) is 2.35. The van der Waals surface area contributed by atoms with E-state index in [1.165, 1.54) is 7.11 Å². The van der Waals surface area contributed by atoms with Crippen molar-refractivity contribution in [2.24, 2.45) is 0 Å². The van der Waals surface area contributed by atoms with E-state index in [-0.39, 0.29) is 13.2 Å². The van der Waals surface area contributed by atoms with Gasteiger partial charge in [-0.1, -0.05) is 34.3 Å². The smallest absolute Gasteiger partial charge is 0.493 e. The van der Waals surface area contributed by atoms with Crippen molar-refractivity contribution in [3.05, 3.63) is 41.5 Å². The summed E-state index contributed by atoms with van der Waals surface area (Å²) in [5, 5.41) is 0. The van der Waals surface area contributed by atoms with E-state index in [0.717, 1.165) is 17.5 Å². The first-order valence-electron chi connectivity index (χ1n) is 9.37. The SMILES string of the molecule is C.CC.CCc1ccc(OC)c(OP(=O)(O)O)c1.COc1cc(C)cc(OC)c1OC. The van der Waals surface area contributed by atoms with Gasteiger partial charge in [0.15, 0.2) is 23.0 Å². The topological polar surface area (TPSA) is 104 Å². The minimum absolute atomic E-state index is 0. The number of hydrogen-bond acceptors (Lipinski definition) is 6. The van der Waals surface area contributed by atoms with Gasteiger partial charge in [-0.25, -0.2) is 4.57 Å². The van der Waals surface area contributed by atoms with Gasteiger partial charge in [0.05, 0.1) is 28.4 Å². The zero-order chi connectivity index (χ0) is 23.3. The predicted molar refractivity (Wildman–Crippen MR) is 124 cm³/mol. The molecule has 0 aliphatic rings. The van der Waals surface area contributed by atoms with Crippen LogP contribution in [0.25, 0.3) is 0 Å². The molecule has 0 atom stereocenters. The number of aryl methyl sites for hydroxylation is 2. The number of methoxy groups -OCH3 is 4. The maximum absolute atomic E-state index is 10.7. The van der Waals surface area contributed by atoms with E-state index in [9.17, 15) is 4.57 Å². The summed E-state index contributed by atoms with van der Waals surface area (Å²) in [7, 11) is 1.68. The van der Waals surface area contributed by atoms with Crippen LogP contribution in [0.5, 0.6) is 28.7 Å². The average Bonchev–Trinajstić information content (AvgIpc) is 2.73. The highest BCUT2D eigenvalue weighted by atomic mass is 31.2. The van der Waals surface area contributed by atoms with E-state index in [1.807, 2.05) is 45.9 Å². The van der Waals surface area contributed by atoms with Crippen LogP contribution < -0.4 is 23.5 Å². The van der Waals surface area contributed by atoms with Crippen LogP contribution in [-0.4, -0.2) is 38.2 Å². The fraction of sp³-hybridized carbons (Fsp3) is 0.455. The molecule has 2 N–H and O–H groups in total. The number of rotatable bonds is 7. The summed E-state index contributed by atoms with van der Waals surface area (Å²) >= 11 is 0. The highest BCUT2D eigenvalue weighted by molar-refractivity contribution is 7.46. The van der Waals surface area contributed by atoms with Crippen LogP contribution in [0.4, 0.5) is 0 Å². The molecule has 2 rings (SSSR count). The van der Waals surface area contributed by atoms with E-state index in [2.05, 4.69) is 4.52 Å². The van der Waals surface area contributed by atoms with Gasteiger partial charge in [0, 0.05) is 0 Å². The number of phosphoric ester groups is 1. The number of benzene rings is 2. The van der Waals surface area contributed by atoms with Gasteiger partial charge in [-0.15, -0.1) is 0 Å². The summed E-state index contributed by atoms with van der Waals surface area (Å²) in [6.07, 6.45) is 0.752. The van der Waals surface area contributed by atoms with Gasteiger partial charge in [-0.3, -0.25) is 9.79 Å². The lowest BCUT2D eigenvalue weighted by Gasteiger charge is -2.12. The van der Waals surface area contributed by atoms with E-state index in [0.29, 0.717) is 23.0 Å². The van der Waals surface area contributed by atoms with Crippen LogP contribution in [0.3, 0.4) is 0 Å².